The molecule has 1 fully saturated rings. The minimum atomic E-state index is -0.755. The van der Waals surface area contributed by atoms with E-state index in [0.29, 0.717) is 23.8 Å². The van der Waals surface area contributed by atoms with Gasteiger partial charge in [0.25, 0.3) is 0 Å². The van der Waals surface area contributed by atoms with E-state index in [4.69, 9.17) is 23.2 Å². The molecule has 16 heavy (non-hydrogen) atoms. The predicted molar refractivity (Wildman–Crippen MR) is 62.1 cm³/mol. The summed E-state index contributed by atoms with van der Waals surface area (Å²) in [5, 5.41) is -0.213. The van der Waals surface area contributed by atoms with Crippen LogP contribution in [-0.2, 0) is 0 Å². The van der Waals surface area contributed by atoms with Gasteiger partial charge in [-0.1, -0.05) is 17.7 Å². The molecule has 0 N–H and O–H groups in total. The molecule has 1 aromatic rings. The lowest BCUT2D eigenvalue weighted by atomic mass is 10.3. The Hall–Kier alpha value is -1.26. The first-order valence-corrected chi connectivity index (χ1v) is 5.39. The van der Waals surface area contributed by atoms with Crippen LogP contribution in [-0.4, -0.2) is 29.4 Å². The van der Waals surface area contributed by atoms with Crippen LogP contribution in [0.1, 0.15) is 0 Å². The summed E-state index contributed by atoms with van der Waals surface area (Å²) in [4.78, 5) is 25.1. The molecule has 1 aliphatic rings. The Morgan fingerprint density at radius 3 is 2.62 bits per heavy atom. The van der Waals surface area contributed by atoms with Crippen LogP contribution >= 0.6 is 23.2 Å². The van der Waals surface area contributed by atoms with Gasteiger partial charge in [-0.3, -0.25) is 9.69 Å². The molecular formula is C10H8Cl2N2O2. The summed E-state index contributed by atoms with van der Waals surface area (Å²) in [6.45, 7) is 0.727. The zero-order chi connectivity index (χ0) is 11.7. The first kappa shape index (κ1) is 11.2. The number of hydrogen-bond acceptors (Lipinski definition) is 2. The molecule has 0 spiro atoms. The molecule has 2 rings (SSSR count). The molecule has 0 unspecified atom stereocenters. The average Bonchev–Trinajstić information content (AvgIpc) is 2.60. The van der Waals surface area contributed by atoms with E-state index in [2.05, 4.69) is 0 Å². The van der Waals surface area contributed by atoms with Crippen LogP contribution in [0.25, 0.3) is 0 Å². The second-order valence-corrected chi connectivity index (χ2v) is 4.08. The predicted octanol–water partition coefficient (Wildman–Crippen LogP) is 2.94. The maximum absolute atomic E-state index is 11.8. The van der Waals surface area contributed by atoms with Gasteiger partial charge < -0.3 is 0 Å². The van der Waals surface area contributed by atoms with Gasteiger partial charge >= 0.3 is 11.4 Å². The van der Waals surface area contributed by atoms with Crippen LogP contribution in [0, 0.1) is 0 Å². The number of amides is 3. The maximum atomic E-state index is 11.8. The summed E-state index contributed by atoms with van der Waals surface area (Å²) in [7, 11) is 0. The van der Waals surface area contributed by atoms with Gasteiger partial charge in [0.1, 0.15) is 0 Å². The first-order valence-electron chi connectivity index (χ1n) is 4.63. The molecule has 0 atom stereocenters. The standard InChI is InChI=1S/C10H8Cl2N2O2/c11-7-2-1-3-8(6-7)13-4-5-14(9(12)15)10(13)16/h1-3,6H,4-5H2. The second-order valence-electron chi connectivity index (χ2n) is 3.32. The first-order chi connectivity index (χ1) is 7.59. The van der Waals surface area contributed by atoms with E-state index >= 15 is 0 Å². The smallest absolute Gasteiger partial charge is 0.292 e. The second kappa shape index (κ2) is 4.31. The maximum Gasteiger partial charge on any atom is 0.332 e. The summed E-state index contributed by atoms with van der Waals surface area (Å²) in [5.74, 6) is 0. The van der Waals surface area contributed by atoms with Crippen molar-refractivity contribution in [2.75, 3.05) is 18.0 Å². The van der Waals surface area contributed by atoms with Crippen molar-refractivity contribution in [2.24, 2.45) is 0 Å². The Labute approximate surface area is 102 Å². The summed E-state index contributed by atoms with van der Waals surface area (Å²) in [5.41, 5.74) is 0.665. The lowest BCUT2D eigenvalue weighted by Crippen LogP contribution is -2.33. The molecule has 0 bridgehead atoms. The summed E-state index contributed by atoms with van der Waals surface area (Å²) >= 11 is 11.1. The van der Waals surface area contributed by atoms with Gasteiger partial charge in [-0.25, -0.2) is 9.69 Å². The Kier molecular flexibility index (Phi) is 3.03. The third-order valence-corrected chi connectivity index (χ3v) is 2.78. The SMILES string of the molecule is O=C(Cl)N1CCN(c2cccc(Cl)c2)C1=O. The third-order valence-electron chi connectivity index (χ3n) is 2.34. The van der Waals surface area contributed by atoms with Crippen LogP contribution in [0.2, 0.25) is 5.02 Å². The molecule has 84 valence electrons. The highest BCUT2D eigenvalue weighted by molar-refractivity contribution is 6.64. The van der Waals surface area contributed by atoms with Gasteiger partial charge in [-0.15, -0.1) is 0 Å². The number of nitrogens with zero attached hydrogens (tertiary/aromatic N) is 2. The number of rotatable bonds is 1. The zero-order valence-corrected chi connectivity index (χ0v) is 9.70. The van der Waals surface area contributed by atoms with E-state index in [1.165, 1.54) is 4.90 Å². The molecule has 3 amide bonds. The van der Waals surface area contributed by atoms with Crippen LogP contribution < -0.4 is 4.90 Å². The van der Waals surface area contributed by atoms with Crippen molar-refractivity contribution in [3.8, 4) is 0 Å². The van der Waals surface area contributed by atoms with Gasteiger partial charge in [0.2, 0.25) is 0 Å². The van der Waals surface area contributed by atoms with Crippen molar-refractivity contribution in [3.63, 3.8) is 0 Å². The lowest BCUT2D eigenvalue weighted by molar-refractivity contribution is 0.215. The quantitative estimate of drug-likeness (QED) is 0.574. The topological polar surface area (TPSA) is 40.6 Å². The van der Waals surface area contributed by atoms with Gasteiger partial charge in [0.15, 0.2) is 0 Å². The number of carbonyl (C=O) groups excluding carboxylic acids is 2. The minimum Gasteiger partial charge on any atom is -0.292 e. The van der Waals surface area contributed by atoms with Gasteiger partial charge in [0.05, 0.1) is 0 Å². The largest absolute Gasteiger partial charge is 0.332 e. The van der Waals surface area contributed by atoms with Crippen LogP contribution in [0.3, 0.4) is 0 Å². The molecule has 1 aromatic carbocycles. The number of anilines is 1. The Bertz CT molecular complexity index is 450. The highest BCUT2D eigenvalue weighted by Crippen LogP contribution is 2.23. The van der Waals surface area contributed by atoms with Crippen molar-refractivity contribution in [1.82, 2.24) is 4.90 Å². The van der Waals surface area contributed by atoms with Crippen molar-refractivity contribution >= 4 is 40.3 Å². The number of imide groups is 1. The normalized spacial score (nSPS) is 15.8. The molecule has 0 aromatic heterocycles. The van der Waals surface area contributed by atoms with Crippen LogP contribution in [0.5, 0.6) is 0 Å². The fourth-order valence-corrected chi connectivity index (χ4v) is 1.92. The molecule has 1 heterocycles. The van der Waals surface area contributed by atoms with Gasteiger partial charge in [-0.05, 0) is 29.8 Å². The van der Waals surface area contributed by atoms with Crippen molar-refractivity contribution in [2.45, 2.75) is 0 Å². The summed E-state index contributed by atoms with van der Waals surface area (Å²) in [6.07, 6.45) is 0. The highest BCUT2D eigenvalue weighted by atomic mass is 35.5. The molecule has 6 heteroatoms. The third kappa shape index (κ3) is 1.99. The van der Waals surface area contributed by atoms with E-state index < -0.39 is 11.4 Å². The number of halogens is 2. The molecule has 4 nitrogen and oxygen atoms in total. The van der Waals surface area contributed by atoms with E-state index in [9.17, 15) is 9.59 Å². The molecule has 1 saturated heterocycles. The highest BCUT2D eigenvalue weighted by Gasteiger charge is 2.33. The Morgan fingerprint density at radius 1 is 1.31 bits per heavy atom. The fraction of sp³-hybridized carbons (Fsp3) is 0.200. The minimum absolute atomic E-state index is 0.299. The van der Waals surface area contributed by atoms with Crippen LogP contribution in [0.4, 0.5) is 15.3 Å². The van der Waals surface area contributed by atoms with Gasteiger partial charge in [0, 0.05) is 23.8 Å². The number of urea groups is 1. The van der Waals surface area contributed by atoms with E-state index in [1.54, 1.807) is 24.3 Å². The summed E-state index contributed by atoms with van der Waals surface area (Å²) < 4.78 is 0. The molecule has 0 aliphatic carbocycles. The Balaban J connectivity index is 2.25. The van der Waals surface area contributed by atoms with E-state index in [-0.39, 0.29) is 0 Å². The number of carbonyl (C=O) groups is 2. The fourth-order valence-electron chi connectivity index (χ4n) is 1.58. The van der Waals surface area contributed by atoms with E-state index in [0.717, 1.165) is 4.90 Å². The van der Waals surface area contributed by atoms with Crippen LogP contribution in [0.15, 0.2) is 24.3 Å². The molecule has 1 aliphatic heterocycles. The molecule has 0 radical (unpaired) electrons. The Morgan fingerprint density at radius 2 is 2.06 bits per heavy atom. The molecule has 0 saturated carbocycles. The van der Waals surface area contributed by atoms with Crippen molar-refractivity contribution in [3.05, 3.63) is 29.3 Å². The van der Waals surface area contributed by atoms with Crippen molar-refractivity contribution < 1.29 is 9.59 Å². The van der Waals surface area contributed by atoms with E-state index in [1.807, 2.05) is 0 Å². The molecular weight excluding hydrogens is 251 g/mol. The summed E-state index contributed by atoms with van der Waals surface area (Å²) in [6, 6.07) is 6.47. The number of benzene rings is 1. The number of hydrogen-bond donors (Lipinski definition) is 0. The monoisotopic (exact) mass is 258 g/mol. The van der Waals surface area contributed by atoms with Gasteiger partial charge in [-0.2, -0.15) is 0 Å². The average molecular weight is 259 g/mol. The lowest BCUT2D eigenvalue weighted by Gasteiger charge is -2.16. The van der Waals surface area contributed by atoms with Crippen molar-refractivity contribution in [1.29, 1.82) is 0 Å². The zero-order valence-electron chi connectivity index (χ0n) is 8.19.